The molecule has 0 fully saturated rings. The van der Waals surface area contributed by atoms with Crippen LogP contribution in [-0.4, -0.2) is 11.1 Å². The number of rotatable bonds is 3. The van der Waals surface area contributed by atoms with E-state index in [0.717, 1.165) is 5.56 Å². The van der Waals surface area contributed by atoms with Crippen LogP contribution in [0.1, 0.15) is 11.1 Å². The summed E-state index contributed by atoms with van der Waals surface area (Å²) >= 11 is 0. The van der Waals surface area contributed by atoms with E-state index < -0.39 is 6.09 Å². The number of nitrogens with one attached hydrogen (secondary N) is 2. The molecule has 1 aromatic heterocycles. The molecule has 0 aliphatic rings. The Hall–Kier alpha value is -2.56. The summed E-state index contributed by atoms with van der Waals surface area (Å²) in [5.74, 6) is 0.352. The number of hydrogen-bond donors (Lipinski definition) is 2. The van der Waals surface area contributed by atoms with Crippen molar-refractivity contribution in [3.63, 3.8) is 0 Å². The Morgan fingerprint density at radius 1 is 1.26 bits per heavy atom. The molecule has 1 aromatic carbocycles. The second-order valence-corrected chi connectivity index (χ2v) is 4.03. The van der Waals surface area contributed by atoms with Crippen molar-refractivity contribution in [2.75, 3.05) is 5.32 Å². The van der Waals surface area contributed by atoms with E-state index in [9.17, 15) is 9.59 Å². The minimum absolute atomic E-state index is 0.142. The highest BCUT2D eigenvalue weighted by Crippen LogP contribution is 2.06. The average Bonchev–Trinajstić information content (AvgIpc) is 2.43. The lowest BCUT2D eigenvalue weighted by Gasteiger charge is -2.08. The minimum Gasteiger partial charge on any atom is -0.444 e. The molecule has 0 saturated heterocycles. The molecule has 19 heavy (non-hydrogen) atoms. The third-order valence-corrected chi connectivity index (χ3v) is 2.65. The van der Waals surface area contributed by atoms with E-state index in [-0.39, 0.29) is 12.0 Å². The lowest BCUT2D eigenvalue weighted by molar-refractivity contribution is 0.155. The van der Waals surface area contributed by atoms with Crippen LogP contribution in [-0.2, 0) is 11.3 Å². The van der Waals surface area contributed by atoms with Gasteiger partial charge in [0, 0.05) is 17.8 Å². The molecule has 0 saturated carbocycles. The Bertz CT molecular complexity index is 620. The van der Waals surface area contributed by atoms with Gasteiger partial charge in [-0.25, -0.2) is 4.79 Å². The lowest BCUT2D eigenvalue weighted by Crippen LogP contribution is -2.18. The summed E-state index contributed by atoms with van der Waals surface area (Å²) < 4.78 is 5.05. The molecule has 2 rings (SSSR count). The van der Waals surface area contributed by atoms with Gasteiger partial charge in [-0.3, -0.25) is 10.1 Å². The fourth-order valence-corrected chi connectivity index (χ4v) is 1.55. The van der Waals surface area contributed by atoms with Gasteiger partial charge in [-0.1, -0.05) is 30.3 Å². The number of carbonyl (C=O) groups excluding carboxylic acids is 1. The lowest BCUT2D eigenvalue weighted by atomic mass is 10.2. The van der Waals surface area contributed by atoms with Crippen LogP contribution in [0.25, 0.3) is 0 Å². The van der Waals surface area contributed by atoms with Crippen molar-refractivity contribution in [2.24, 2.45) is 0 Å². The zero-order valence-electron chi connectivity index (χ0n) is 10.5. The Kier molecular flexibility index (Phi) is 3.97. The molecule has 2 aromatic rings. The van der Waals surface area contributed by atoms with Crippen molar-refractivity contribution in [2.45, 2.75) is 13.5 Å². The van der Waals surface area contributed by atoms with Crippen LogP contribution in [0.15, 0.2) is 47.4 Å². The molecule has 0 unspecified atom stereocenters. The summed E-state index contributed by atoms with van der Waals surface area (Å²) in [7, 11) is 0. The first-order valence-corrected chi connectivity index (χ1v) is 5.83. The smallest absolute Gasteiger partial charge is 0.413 e. The van der Waals surface area contributed by atoms with Crippen LogP contribution >= 0.6 is 0 Å². The summed E-state index contributed by atoms with van der Waals surface area (Å²) in [6.07, 6.45) is 0.871. The Balaban J connectivity index is 1.95. The molecule has 2 N–H and O–H groups in total. The molecule has 0 aliphatic carbocycles. The van der Waals surface area contributed by atoms with E-state index in [1.54, 1.807) is 6.92 Å². The molecule has 1 amide bonds. The first-order valence-electron chi connectivity index (χ1n) is 5.83. The molecule has 5 nitrogen and oxygen atoms in total. The molecule has 0 bridgehead atoms. The highest BCUT2D eigenvalue weighted by atomic mass is 16.5. The maximum atomic E-state index is 11.6. The SMILES string of the molecule is Cc1c(NC(=O)OCc2ccccc2)[nH]ccc1=O. The highest BCUT2D eigenvalue weighted by Gasteiger charge is 2.07. The fraction of sp³-hybridized carbons (Fsp3) is 0.143. The number of anilines is 1. The zero-order chi connectivity index (χ0) is 13.7. The quantitative estimate of drug-likeness (QED) is 0.888. The van der Waals surface area contributed by atoms with Crippen molar-refractivity contribution >= 4 is 11.9 Å². The molecular formula is C14H14N2O3. The van der Waals surface area contributed by atoms with Gasteiger partial charge in [-0.05, 0) is 12.5 Å². The molecular weight excluding hydrogens is 244 g/mol. The molecule has 1 heterocycles. The van der Waals surface area contributed by atoms with E-state index in [1.807, 2.05) is 30.3 Å². The van der Waals surface area contributed by atoms with Crippen molar-refractivity contribution in [1.82, 2.24) is 4.98 Å². The van der Waals surface area contributed by atoms with E-state index >= 15 is 0 Å². The Morgan fingerprint density at radius 2 is 2.00 bits per heavy atom. The molecule has 5 heteroatoms. The normalized spacial score (nSPS) is 9.95. The van der Waals surface area contributed by atoms with E-state index in [0.29, 0.717) is 11.4 Å². The average molecular weight is 258 g/mol. The summed E-state index contributed by atoms with van der Waals surface area (Å²) in [4.78, 5) is 25.8. The second kappa shape index (κ2) is 5.86. The molecule has 0 aliphatic heterocycles. The Morgan fingerprint density at radius 3 is 2.74 bits per heavy atom. The number of ether oxygens (including phenoxy) is 1. The van der Waals surface area contributed by atoms with Crippen molar-refractivity contribution in [1.29, 1.82) is 0 Å². The van der Waals surface area contributed by atoms with Crippen molar-refractivity contribution < 1.29 is 9.53 Å². The number of amides is 1. The third kappa shape index (κ3) is 3.45. The summed E-state index contributed by atoms with van der Waals surface area (Å²) in [5.41, 5.74) is 1.20. The number of hydrogen-bond acceptors (Lipinski definition) is 3. The number of carbonyl (C=O) groups is 1. The van der Waals surface area contributed by atoms with Crippen molar-refractivity contribution in [3.8, 4) is 0 Å². The zero-order valence-corrected chi connectivity index (χ0v) is 10.5. The predicted molar refractivity (Wildman–Crippen MR) is 72.0 cm³/mol. The van der Waals surface area contributed by atoms with Crippen LogP contribution in [0.2, 0.25) is 0 Å². The topological polar surface area (TPSA) is 71.2 Å². The highest BCUT2D eigenvalue weighted by molar-refractivity contribution is 5.84. The number of aromatic nitrogens is 1. The third-order valence-electron chi connectivity index (χ3n) is 2.65. The maximum Gasteiger partial charge on any atom is 0.413 e. The second-order valence-electron chi connectivity index (χ2n) is 4.03. The number of pyridine rings is 1. The summed E-state index contributed by atoms with van der Waals surface area (Å²) in [6, 6.07) is 10.8. The van der Waals surface area contributed by atoms with Gasteiger partial charge in [0.15, 0.2) is 5.43 Å². The fourth-order valence-electron chi connectivity index (χ4n) is 1.55. The molecule has 0 radical (unpaired) electrons. The minimum atomic E-state index is -0.603. The number of H-pyrrole nitrogens is 1. The standard InChI is InChI=1S/C14H14N2O3/c1-10-12(17)7-8-15-13(10)16-14(18)19-9-11-5-3-2-4-6-11/h2-8H,9H2,1H3,(H2,15,16,17,18). The van der Waals surface area contributed by atoms with Gasteiger partial charge in [-0.15, -0.1) is 0 Å². The molecule has 98 valence electrons. The summed E-state index contributed by atoms with van der Waals surface area (Å²) in [6.45, 7) is 1.81. The van der Waals surface area contributed by atoms with Crippen LogP contribution in [0, 0.1) is 6.92 Å². The van der Waals surface area contributed by atoms with Gasteiger partial charge in [-0.2, -0.15) is 0 Å². The van der Waals surface area contributed by atoms with Crippen LogP contribution < -0.4 is 10.7 Å². The van der Waals surface area contributed by atoms with Gasteiger partial charge in [0.25, 0.3) is 0 Å². The van der Waals surface area contributed by atoms with E-state index in [1.165, 1.54) is 12.3 Å². The van der Waals surface area contributed by atoms with Crippen LogP contribution in [0.4, 0.5) is 10.6 Å². The Labute approximate surface area is 110 Å². The van der Waals surface area contributed by atoms with Gasteiger partial charge < -0.3 is 9.72 Å². The maximum absolute atomic E-state index is 11.6. The van der Waals surface area contributed by atoms with Crippen LogP contribution in [0.3, 0.4) is 0 Å². The van der Waals surface area contributed by atoms with Gasteiger partial charge in [0.1, 0.15) is 12.4 Å². The first-order chi connectivity index (χ1) is 9.16. The molecule has 0 spiro atoms. The van der Waals surface area contributed by atoms with Gasteiger partial charge in [0.05, 0.1) is 0 Å². The van der Waals surface area contributed by atoms with Gasteiger partial charge in [0.2, 0.25) is 0 Å². The van der Waals surface area contributed by atoms with E-state index in [2.05, 4.69) is 10.3 Å². The predicted octanol–water partition coefficient (Wildman–Crippen LogP) is 2.43. The van der Waals surface area contributed by atoms with Gasteiger partial charge >= 0.3 is 6.09 Å². The van der Waals surface area contributed by atoms with Crippen molar-refractivity contribution in [3.05, 3.63) is 63.9 Å². The number of benzene rings is 1. The monoisotopic (exact) mass is 258 g/mol. The number of aromatic amines is 1. The van der Waals surface area contributed by atoms with E-state index in [4.69, 9.17) is 4.74 Å². The molecule has 0 atom stereocenters. The van der Waals surface area contributed by atoms with Crippen LogP contribution in [0.5, 0.6) is 0 Å². The first kappa shape index (κ1) is 12.9. The largest absolute Gasteiger partial charge is 0.444 e. The summed E-state index contributed by atoms with van der Waals surface area (Å²) in [5, 5.41) is 2.50.